The van der Waals surface area contributed by atoms with Gasteiger partial charge in [-0.05, 0) is 41.8 Å². The van der Waals surface area contributed by atoms with Gasteiger partial charge in [-0.25, -0.2) is 10.2 Å². The summed E-state index contributed by atoms with van der Waals surface area (Å²) in [5, 5.41) is 17.2. The van der Waals surface area contributed by atoms with Gasteiger partial charge in [0.15, 0.2) is 6.61 Å². The van der Waals surface area contributed by atoms with E-state index in [1.54, 1.807) is 60.7 Å². The number of amides is 2. The van der Waals surface area contributed by atoms with Gasteiger partial charge in [0.1, 0.15) is 11.4 Å². The molecule has 0 bridgehead atoms. The number of nitrogens with one attached hydrogen (secondary N) is 2. The molecule has 0 radical (unpaired) electrons. The lowest BCUT2D eigenvalue weighted by Crippen LogP contribution is -2.32. The molecular formula is C23H19N3O5S. The first-order valence-corrected chi connectivity index (χ1v) is 10.3. The topological polar surface area (TPSA) is 117 Å². The highest BCUT2D eigenvalue weighted by Crippen LogP contribution is 2.16. The molecule has 8 nitrogen and oxygen atoms in total. The molecule has 3 rings (SSSR count). The van der Waals surface area contributed by atoms with Crippen LogP contribution in [0.1, 0.15) is 20.8 Å². The van der Waals surface area contributed by atoms with Crippen molar-refractivity contribution in [2.75, 3.05) is 6.61 Å². The van der Waals surface area contributed by atoms with Crippen LogP contribution in [0.15, 0.2) is 82.9 Å². The number of thiophene rings is 1. The van der Waals surface area contributed by atoms with E-state index in [4.69, 9.17) is 9.84 Å². The quantitative estimate of drug-likeness (QED) is 0.264. The molecule has 3 aromatic rings. The van der Waals surface area contributed by atoms with Gasteiger partial charge in [-0.2, -0.15) is 5.10 Å². The normalized spacial score (nSPS) is 11.2. The Hall–Kier alpha value is -4.24. The highest BCUT2D eigenvalue weighted by molar-refractivity contribution is 7.10. The van der Waals surface area contributed by atoms with Gasteiger partial charge in [0, 0.05) is 16.0 Å². The van der Waals surface area contributed by atoms with Crippen LogP contribution in [0.4, 0.5) is 0 Å². The predicted molar refractivity (Wildman–Crippen MR) is 122 cm³/mol. The Labute approximate surface area is 187 Å². The van der Waals surface area contributed by atoms with E-state index in [9.17, 15) is 14.4 Å². The van der Waals surface area contributed by atoms with Crippen LogP contribution >= 0.6 is 11.3 Å². The Morgan fingerprint density at radius 2 is 1.75 bits per heavy atom. The van der Waals surface area contributed by atoms with Gasteiger partial charge >= 0.3 is 5.97 Å². The van der Waals surface area contributed by atoms with Crippen molar-refractivity contribution in [2.24, 2.45) is 5.10 Å². The number of hydrogen-bond donors (Lipinski definition) is 3. The molecule has 2 aromatic carbocycles. The number of carbonyl (C=O) groups excluding carboxylic acids is 2. The van der Waals surface area contributed by atoms with Gasteiger partial charge in [-0.15, -0.1) is 11.3 Å². The van der Waals surface area contributed by atoms with Crippen LogP contribution in [-0.4, -0.2) is 35.7 Å². The van der Waals surface area contributed by atoms with Gasteiger partial charge in [0.25, 0.3) is 11.8 Å². The van der Waals surface area contributed by atoms with Crippen LogP contribution in [0.2, 0.25) is 0 Å². The molecule has 0 saturated heterocycles. The molecule has 9 heteroatoms. The molecule has 0 atom stereocenters. The fraction of sp³-hybridized carbons (Fsp3) is 0.0435. The van der Waals surface area contributed by atoms with Crippen LogP contribution in [0.25, 0.3) is 6.08 Å². The van der Waals surface area contributed by atoms with Crippen molar-refractivity contribution in [3.8, 4) is 5.75 Å². The van der Waals surface area contributed by atoms with E-state index in [1.165, 1.54) is 17.6 Å². The lowest BCUT2D eigenvalue weighted by atomic mass is 10.2. The van der Waals surface area contributed by atoms with Crippen LogP contribution in [0.3, 0.4) is 0 Å². The molecular weight excluding hydrogens is 430 g/mol. The van der Waals surface area contributed by atoms with Crippen molar-refractivity contribution < 1.29 is 24.2 Å². The molecule has 0 spiro atoms. The van der Waals surface area contributed by atoms with E-state index < -0.39 is 24.4 Å². The first-order chi connectivity index (χ1) is 15.5. The Morgan fingerprint density at radius 3 is 2.47 bits per heavy atom. The lowest BCUT2D eigenvalue weighted by molar-refractivity contribution is -0.139. The maximum absolute atomic E-state index is 12.7. The zero-order valence-electron chi connectivity index (χ0n) is 16.7. The number of carboxylic acids is 1. The Kier molecular flexibility index (Phi) is 7.88. The minimum Gasteiger partial charge on any atom is -0.481 e. The Balaban J connectivity index is 1.73. The summed E-state index contributed by atoms with van der Waals surface area (Å²) in [5.74, 6) is -1.86. The van der Waals surface area contributed by atoms with E-state index in [0.717, 1.165) is 4.88 Å². The van der Waals surface area contributed by atoms with Gasteiger partial charge in [0.05, 0.1) is 6.21 Å². The zero-order chi connectivity index (χ0) is 22.8. The minimum absolute atomic E-state index is 0.0221. The third kappa shape index (κ3) is 6.64. The standard InChI is InChI=1S/C23H19N3O5S/c27-21(28)15-31-20-11-5-4-9-17(20)14-24-26-23(30)19(13-18-10-6-12-32-18)25-22(29)16-7-2-1-3-8-16/h1-14H,15H2,(H,25,29)(H,26,30)(H,27,28)/b19-13+,24-14+. The molecule has 0 unspecified atom stereocenters. The van der Waals surface area contributed by atoms with Crippen molar-refractivity contribution in [1.29, 1.82) is 0 Å². The molecule has 0 aliphatic rings. The molecule has 1 heterocycles. The van der Waals surface area contributed by atoms with Crippen molar-refractivity contribution in [3.63, 3.8) is 0 Å². The van der Waals surface area contributed by atoms with Gasteiger partial charge < -0.3 is 15.2 Å². The summed E-state index contributed by atoms with van der Waals surface area (Å²) >= 11 is 1.41. The average Bonchev–Trinajstić information content (AvgIpc) is 3.31. The number of carboxylic acid groups (broad SMARTS) is 1. The first-order valence-electron chi connectivity index (χ1n) is 9.41. The number of nitrogens with zero attached hydrogens (tertiary/aromatic N) is 1. The zero-order valence-corrected chi connectivity index (χ0v) is 17.5. The summed E-state index contributed by atoms with van der Waals surface area (Å²) in [6.45, 7) is -0.504. The number of rotatable bonds is 9. The molecule has 1 aromatic heterocycles. The predicted octanol–water partition coefficient (Wildman–Crippen LogP) is 3.13. The Morgan fingerprint density at radius 1 is 1.00 bits per heavy atom. The van der Waals surface area contributed by atoms with Crippen molar-refractivity contribution in [2.45, 2.75) is 0 Å². The fourth-order valence-electron chi connectivity index (χ4n) is 2.54. The largest absolute Gasteiger partial charge is 0.481 e. The lowest BCUT2D eigenvalue weighted by Gasteiger charge is -2.09. The maximum atomic E-state index is 12.7. The summed E-state index contributed by atoms with van der Waals surface area (Å²) in [6, 6.07) is 18.8. The minimum atomic E-state index is -1.11. The van der Waals surface area contributed by atoms with Crippen LogP contribution in [0.5, 0.6) is 5.75 Å². The van der Waals surface area contributed by atoms with Crippen molar-refractivity contribution in [3.05, 3.63) is 93.8 Å². The van der Waals surface area contributed by atoms with E-state index in [2.05, 4.69) is 15.8 Å². The molecule has 0 aliphatic carbocycles. The van der Waals surface area contributed by atoms with Crippen molar-refractivity contribution >= 4 is 41.4 Å². The van der Waals surface area contributed by atoms with Crippen LogP contribution < -0.4 is 15.5 Å². The monoisotopic (exact) mass is 449 g/mol. The van der Waals surface area contributed by atoms with Gasteiger partial charge in [0.2, 0.25) is 0 Å². The van der Waals surface area contributed by atoms with E-state index in [1.807, 2.05) is 17.5 Å². The van der Waals surface area contributed by atoms with E-state index in [-0.39, 0.29) is 5.70 Å². The second-order valence-corrected chi connectivity index (χ2v) is 7.29. The Bertz CT molecular complexity index is 1140. The summed E-state index contributed by atoms with van der Waals surface area (Å²) in [4.78, 5) is 36.7. The fourth-order valence-corrected chi connectivity index (χ4v) is 3.19. The van der Waals surface area contributed by atoms with Crippen molar-refractivity contribution in [1.82, 2.24) is 10.7 Å². The summed E-state index contributed by atoms with van der Waals surface area (Å²) < 4.78 is 5.20. The smallest absolute Gasteiger partial charge is 0.341 e. The highest BCUT2D eigenvalue weighted by Gasteiger charge is 2.14. The second kappa shape index (κ2) is 11.2. The van der Waals surface area contributed by atoms with E-state index >= 15 is 0 Å². The maximum Gasteiger partial charge on any atom is 0.341 e. The summed E-state index contributed by atoms with van der Waals surface area (Å²) in [6.07, 6.45) is 2.89. The molecule has 3 N–H and O–H groups in total. The number of para-hydroxylation sites is 1. The number of carbonyl (C=O) groups is 3. The average molecular weight is 449 g/mol. The molecule has 2 amide bonds. The first kappa shape index (κ1) is 22.4. The summed E-state index contributed by atoms with van der Waals surface area (Å²) in [5.41, 5.74) is 3.28. The number of aliphatic carboxylic acids is 1. The van der Waals surface area contributed by atoms with Crippen LogP contribution in [0, 0.1) is 0 Å². The number of benzene rings is 2. The van der Waals surface area contributed by atoms with Gasteiger partial charge in [-0.3, -0.25) is 9.59 Å². The molecule has 0 aliphatic heterocycles. The summed E-state index contributed by atoms with van der Waals surface area (Å²) in [7, 11) is 0. The third-order valence-corrected chi connectivity index (χ3v) is 4.82. The highest BCUT2D eigenvalue weighted by atomic mass is 32.1. The van der Waals surface area contributed by atoms with Crippen LogP contribution in [-0.2, 0) is 9.59 Å². The van der Waals surface area contributed by atoms with E-state index in [0.29, 0.717) is 16.9 Å². The SMILES string of the molecule is O=C(O)COc1ccccc1/C=N/NC(=O)/C(=C\c1cccs1)NC(=O)c1ccccc1. The molecule has 162 valence electrons. The second-order valence-electron chi connectivity index (χ2n) is 6.31. The van der Waals surface area contributed by atoms with Gasteiger partial charge in [-0.1, -0.05) is 36.4 Å². The third-order valence-electron chi connectivity index (χ3n) is 4.00. The number of hydrazone groups is 1. The molecule has 0 saturated carbocycles. The molecule has 0 fully saturated rings. The number of hydrogen-bond acceptors (Lipinski definition) is 6. The molecule has 32 heavy (non-hydrogen) atoms. The number of ether oxygens (including phenoxy) is 1.